The fraction of sp³-hybridized carbons (Fsp3) is 0.444. The summed E-state index contributed by atoms with van der Waals surface area (Å²) in [5, 5.41) is 0. The van der Waals surface area contributed by atoms with Gasteiger partial charge in [-0.05, 0) is 41.5 Å². The Bertz CT molecular complexity index is 613. The summed E-state index contributed by atoms with van der Waals surface area (Å²) in [6, 6.07) is 4.45. The third-order valence-electron chi connectivity index (χ3n) is 3.79. The van der Waals surface area contributed by atoms with E-state index in [1.54, 1.807) is 23.0 Å². The maximum Gasteiger partial charge on any atom is 0.142 e. The van der Waals surface area contributed by atoms with Crippen LogP contribution in [0.1, 0.15) is 47.9 Å². The van der Waals surface area contributed by atoms with Crippen molar-refractivity contribution in [1.29, 1.82) is 0 Å². The highest BCUT2D eigenvalue weighted by Gasteiger charge is 2.17. The Labute approximate surface area is 131 Å². The molecule has 2 rings (SSSR count). The summed E-state index contributed by atoms with van der Waals surface area (Å²) in [4.78, 5) is 17.3. The third kappa shape index (κ3) is 4.01. The zero-order valence-electron chi connectivity index (χ0n) is 13.5. The molecule has 21 heavy (non-hydrogen) atoms. The van der Waals surface area contributed by atoms with Crippen molar-refractivity contribution in [2.45, 2.75) is 52.9 Å². The molecule has 0 aliphatic heterocycles. The molecule has 0 aliphatic carbocycles. The molecule has 0 aliphatic rings. The summed E-state index contributed by atoms with van der Waals surface area (Å²) >= 11 is 1.54. The predicted octanol–water partition coefficient (Wildman–Crippen LogP) is 4.41. The number of hydrogen-bond acceptors (Lipinski definition) is 3. The van der Waals surface area contributed by atoms with Crippen LogP contribution in [-0.2, 0) is 23.1 Å². The van der Waals surface area contributed by atoms with Gasteiger partial charge in [-0.3, -0.25) is 9.78 Å². The molecular weight excluding hydrogens is 278 g/mol. The van der Waals surface area contributed by atoms with E-state index in [1.165, 1.54) is 22.3 Å². The molecule has 112 valence electrons. The molecule has 0 fully saturated rings. The van der Waals surface area contributed by atoms with Crippen molar-refractivity contribution < 1.29 is 4.79 Å². The summed E-state index contributed by atoms with van der Waals surface area (Å²) < 4.78 is 0. The summed E-state index contributed by atoms with van der Waals surface area (Å²) in [6.45, 7) is 10.9. The van der Waals surface area contributed by atoms with Crippen LogP contribution in [0.15, 0.2) is 23.8 Å². The predicted molar refractivity (Wildman–Crippen MR) is 89.1 cm³/mol. The van der Waals surface area contributed by atoms with Gasteiger partial charge in [0.1, 0.15) is 5.78 Å². The molecule has 0 spiro atoms. The Morgan fingerprint density at radius 2 is 1.76 bits per heavy atom. The van der Waals surface area contributed by atoms with E-state index in [9.17, 15) is 4.79 Å². The van der Waals surface area contributed by atoms with E-state index in [0.29, 0.717) is 12.8 Å². The molecule has 3 heteroatoms. The molecular formula is C18H23NOS. The summed E-state index contributed by atoms with van der Waals surface area (Å²) in [5.74, 6) is 0.258. The lowest BCUT2D eigenvalue weighted by atomic mass is 9.83. The molecule has 2 nitrogen and oxygen atoms in total. The van der Waals surface area contributed by atoms with E-state index < -0.39 is 0 Å². The van der Waals surface area contributed by atoms with Crippen molar-refractivity contribution >= 4 is 17.1 Å². The Morgan fingerprint density at radius 3 is 2.24 bits per heavy atom. The first-order valence-corrected chi connectivity index (χ1v) is 8.15. The van der Waals surface area contributed by atoms with Crippen molar-refractivity contribution in [2.75, 3.05) is 0 Å². The van der Waals surface area contributed by atoms with Crippen LogP contribution in [0, 0.1) is 13.8 Å². The van der Waals surface area contributed by atoms with Crippen LogP contribution in [0.3, 0.4) is 0 Å². The van der Waals surface area contributed by atoms with E-state index in [1.807, 2.05) is 0 Å². The second-order valence-corrected chi connectivity index (χ2v) is 7.67. The highest BCUT2D eigenvalue weighted by atomic mass is 32.1. The standard InChI is InChI=1S/C18H23NOS/c1-12-6-14(18(3,4)5)7-13(2)17(12)9-15(20)8-16-10-19-11-21-16/h6-7,10-11H,8-9H2,1-5H3. The van der Waals surface area contributed by atoms with Crippen molar-refractivity contribution in [2.24, 2.45) is 0 Å². The Kier molecular flexibility index (Phi) is 4.62. The van der Waals surface area contributed by atoms with Gasteiger partial charge in [0.05, 0.1) is 5.51 Å². The van der Waals surface area contributed by atoms with Gasteiger partial charge in [0.15, 0.2) is 0 Å². The normalized spacial score (nSPS) is 11.7. The van der Waals surface area contributed by atoms with Gasteiger partial charge in [0.25, 0.3) is 0 Å². The monoisotopic (exact) mass is 301 g/mol. The zero-order chi connectivity index (χ0) is 15.6. The lowest BCUT2D eigenvalue weighted by molar-refractivity contribution is -0.117. The number of hydrogen-bond donors (Lipinski definition) is 0. The van der Waals surface area contributed by atoms with Crippen LogP contribution < -0.4 is 0 Å². The van der Waals surface area contributed by atoms with E-state index in [4.69, 9.17) is 0 Å². The molecule has 0 radical (unpaired) electrons. The Balaban J connectivity index is 2.19. The summed E-state index contributed by atoms with van der Waals surface area (Å²) in [6.07, 6.45) is 2.79. The number of carbonyl (C=O) groups is 1. The number of thiazole rings is 1. The minimum atomic E-state index is 0.140. The summed E-state index contributed by atoms with van der Waals surface area (Å²) in [5.41, 5.74) is 6.86. The molecule has 2 aromatic rings. The van der Waals surface area contributed by atoms with Crippen molar-refractivity contribution in [3.63, 3.8) is 0 Å². The SMILES string of the molecule is Cc1cc(C(C)(C)C)cc(C)c1CC(=O)Cc1cncs1. The largest absolute Gasteiger partial charge is 0.299 e. The maximum absolute atomic E-state index is 12.2. The number of nitrogens with zero attached hydrogens (tertiary/aromatic N) is 1. The second-order valence-electron chi connectivity index (χ2n) is 6.70. The van der Waals surface area contributed by atoms with Gasteiger partial charge in [0.2, 0.25) is 0 Å². The highest BCUT2D eigenvalue weighted by molar-refractivity contribution is 7.09. The first-order valence-electron chi connectivity index (χ1n) is 7.27. The molecule has 0 saturated heterocycles. The van der Waals surface area contributed by atoms with Gasteiger partial charge in [-0.2, -0.15) is 0 Å². The summed E-state index contributed by atoms with van der Waals surface area (Å²) in [7, 11) is 0. The molecule has 0 unspecified atom stereocenters. The number of aryl methyl sites for hydroxylation is 2. The van der Waals surface area contributed by atoms with Gasteiger partial charge >= 0.3 is 0 Å². The number of benzene rings is 1. The molecule has 1 aromatic heterocycles. The van der Waals surface area contributed by atoms with E-state index in [-0.39, 0.29) is 11.2 Å². The van der Waals surface area contributed by atoms with Crippen LogP contribution in [-0.4, -0.2) is 10.8 Å². The lowest BCUT2D eigenvalue weighted by Gasteiger charge is -2.22. The fourth-order valence-corrected chi connectivity index (χ4v) is 3.11. The lowest BCUT2D eigenvalue weighted by Crippen LogP contribution is -2.14. The van der Waals surface area contributed by atoms with Gasteiger partial charge < -0.3 is 0 Å². The molecule has 0 N–H and O–H groups in total. The fourth-order valence-electron chi connectivity index (χ4n) is 2.49. The maximum atomic E-state index is 12.2. The number of Topliss-reactive ketones (excluding diaryl/α,β-unsaturated/α-hetero) is 1. The van der Waals surface area contributed by atoms with Crippen LogP contribution in [0.25, 0.3) is 0 Å². The second kappa shape index (κ2) is 6.10. The van der Waals surface area contributed by atoms with E-state index in [2.05, 4.69) is 51.7 Å². The van der Waals surface area contributed by atoms with Gasteiger partial charge in [-0.15, -0.1) is 11.3 Å². The van der Waals surface area contributed by atoms with Crippen molar-refractivity contribution in [1.82, 2.24) is 4.98 Å². The average molecular weight is 301 g/mol. The number of aromatic nitrogens is 1. The smallest absolute Gasteiger partial charge is 0.142 e. The molecule has 0 atom stereocenters. The zero-order valence-corrected chi connectivity index (χ0v) is 14.3. The minimum absolute atomic E-state index is 0.140. The van der Waals surface area contributed by atoms with Gasteiger partial charge in [-0.1, -0.05) is 32.9 Å². The first kappa shape index (κ1) is 15.9. The third-order valence-corrected chi connectivity index (χ3v) is 4.57. The quantitative estimate of drug-likeness (QED) is 0.837. The van der Waals surface area contributed by atoms with E-state index in [0.717, 1.165) is 4.88 Å². The first-order chi connectivity index (χ1) is 9.77. The number of carbonyl (C=O) groups excluding carboxylic acids is 1. The molecule has 0 amide bonds. The number of rotatable bonds is 4. The minimum Gasteiger partial charge on any atom is -0.299 e. The average Bonchev–Trinajstić information content (AvgIpc) is 2.85. The molecule has 1 aromatic carbocycles. The Morgan fingerprint density at radius 1 is 1.14 bits per heavy atom. The molecule has 0 bridgehead atoms. The van der Waals surface area contributed by atoms with Crippen molar-refractivity contribution in [3.8, 4) is 0 Å². The van der Waals surface area contributed by atoms with E-state index >= 15 is 0 Å². The van der Waals surface area contributed by atoms with Gasteiger partial charge in [0, 0.05) is 23.9 Å². The van der Waals surface area contributed by atoms with Gasteiger partial charge in [-0.25, -0.2) is 0 Å². The Hall–Kier alpha value is -1.48. The molecule has 0 saturated carbocycles. The van der Waals surface area contributed by atoms with Crippen LogP contribution in [0.2, 0.25) is 0 Å². The van der Waals surface area contributed by atoms with Crippen LogP contribution in [0.5, 0.6) is 0 Å². The van der Waals surface area contributed by atoms with Crippen molar-refractivity contribution in [3.05, 3.63) is 51.0 Å². The molecule has 1 heterocycles. The highest BCUT2D eigenvalue weighted by Crippen LogP contribution is 2.27. The van der Waals surface area contributed by atoms with Crippen LogP contribution >= 0.6 is 11.3 Å². The number of ketones is 1. The van der Waals surface area contributed by atoms with Crippen LogP contribution in [0.4, 0.5) is 0 Å². The topological polar surface area (TPSA) is 30.0 Å².